The number of hydrogen-bond acceptors (Lipinski definition) is 3. The number of nitriles is 1. The number of nitrogens with one attached hydrogen (secondary N) is 1. The van der Waals surface area contributed by atoms with Gasteiger partial charge in [0.2, 0.25) is 5.91 Å². The van der Waals surface area contributed by atoms with E-state index < -0.39 is 0 Å². The van der Waals surface area contributed by atoms with Crippen LogP contribution in [-0.2, 0) is 11.3 Å². The molecular formula is C18H25N3O. The summed E-state index contributed by atoms with van der Waals surface area (Å²) in [5.41, 5.74) is 1.89. The van der Waals surface area contributed by atoms with Crippen molar-refractivity contribution in [1.82, 2.24) is 10.2 Å². The Morgan fingerprint density at radius 2 is 2.09 bits per heavy atom. The lowest BCUT2D eigenvalue weighted by atomic mass is 9.89. The second kappa shape index (κ2) is 7.95. The highest BCUT2D eigenvalue weighted by atomic mass is 16.2. The van der Waals surface area contributed by atoms with E-state index >= 15 is 0 Å². The van der Waals surface area contributed by atoms with Gasteiger partial charge in [-0.15, -0.1) is 0 Å². The lowest BCUT2D eigenvalue weighted by Crippen LogP contribution is -2.50. The van der Waals surface area contributed by atoms with Crippen molar-refractivity contribution >= 4 is 5.91 Å². The Morgan fingerprint density at radius 3 is 2.68 bits per heavy atom. The van der Waals surface area contributed by atoms with Crippen LogP contribution in [-0.4, -0.2) is 29.9 Å². The van der Waals surface area contributed by atoms with Gasteiger partial charge in [-0.2, -0.15) is 5.26 Å². The first kappa shape index (κ1) is 16.5. The van der Waals surface area contributed by atoms with E-state index in [9.17, 15) is 4.79 Å². The van der Waals surface area contributed by atoms with E-state index in [1.807, 2.05) is 36.1 Å². The summed E-state index contributed by atoms with van der Waals surface area (Å²) in [5, 5.41) is 12.5. The highest BCUT2D eigenvalue weighted by Crippen LogP contribution is 2.21. The minimum Gasteiger partial charge on any atom is -0.342 e. The zero-order chi connectivity index (χ0) is 15.9. The molecule has 0 bridgehead atoms. The number of rotatable bonds is 5. The first-order valence-corrected chi connectivity index (χ1v) is 8.18. The highest BCUT2D eigenvalue weighted by molar-refractivity contribution is 5.75. The summed E-state index contributed by atoms with van der Waals surface area (Å²) in [5.74, 6) is 0.784. The summed E-state index contributed by atoms with van der Waals surface area (Å²) >= 11 is 0. The van der Waals surface area contributed by atoms with Crippen molar-refractivity contribution in [3.8, 4) is 6.07 Å². The highest BCUT2D eigenvalue weighted by Gasteiger charge is 2.29. The van der Waals surface area contributed by atoms with Gasteiger partial charge in [-0.3, -0.25) is 4.79 Å². The Hall–Kier alpha value is -1.86. The molecule has 0 aliphatic carbocycles. The van der Waals surface area contributed by atoms with Gasteiger partial charge in [-0.25, -0.2) is 0 Å². The molecular weight excluding hydrogens is 274 g/mol. The molecule has 0 spiro atoms. The number of nitrogens with zero attached hydrogens (tertiary/aromatic N) is 2. The van der Waals surface area contributed by atoms with Crippen molar-refractivity contribution in [2.45, 2.75) is 45.7 Å². The van der Waals surface area contributed by atoms with Crippen molar-refractivity contribution in [1.29, 1.82) is 5.26 Å². The van der Waals surface area contributed by atoms with Crippen LogP contribution in [0.4, 0.5) is 0 Å². The Labute approximate surface area is 133 Å². The van der Waals surface area contributed by atoms with Crippen molar-refractivity contribution in [3.05, 3.63) is 35.4 Å². The van der Waals surface area contributed by atoms with Gasteiger partial charge in [0, 0.05) is 32.1 Å². The van der Waals surface area contributed by atoms with Crippen molar-refractivity contribution in [2.75, 3.05) is 13.1 Å². The second-order valence-corrected chi connectivity index (χ2v) is 5.95. The molecule has 1 saturated heterocycles. The van der Waals surface area contributed by atoms with E-state index in [1.54, 1.807) is 0 Å². The molecule has 1 heterocycles. The molecule has 1 N–H and O–H groups in total. The van der Waals surface area contributed by atoms with Crippen LogP contribution in [0.3, 0.4) is 0 Å². The predicted octanol–water partition coefficient (Wildman–Crippen LogP) is 2.68. The summed E-state index contributed by atoms with van der Waals surface area (Å²) in [4.78, 5) is 13.9. The first-order chi connectivity index (χ1) is 10.7. The molecule has 0 saturated carbocycles. The quantitative estimate of drug-likeness (QED) is 0.909. The maximum atomic E-state index is 11.9. The number of carbonyl (C=O) groups excluding carboxylic acids is 1. The number of likely N-dealkylation sites (tertiary alicyclic amines) is 1. The molecule has 4 nitrogen and oxygen atoms in total. The second-order valence-electron chi connectivity index (χ2n) is 5.95. The molecule has 0 aromatic heterocycles. The van der Waals surface area contributed by atoms with E-state index in [0.29, 0.717) is 23.9 Å². The fourth-order valence-electron chi connectivity index (χ4n) is 3.11. The first-order valence-electron chi connectivity index (χ1n) is 8.18. The van der Waals surface area contributed by atoms with Gasteiger partial charge in [-0.1, -0.05) is 32.4 Å². The normalized spacial score (nSPS) is 21.4. The summed E-state index contributed by atoms with van der Waals surface area (Å²) < 4.78 is 0. The van der Waals surface area contributed by atoms with Gasteiger partial charge in [0.15, 0.2) is 0 Å². The summed E-state index contributed by atoms with van der Waals surface area (Å²) in [7, 11) is 0. The largest absolute Gasteiger partial charge is 0.342 e. The number of piperidine rings is 1. The average molecular weight is 299 g/mol. The van der Waals surface area contributed by atoms with Crippen LogP contribution in [0, 0.1) is 17.2 Å². The molecule has 1 aliphatic heterocycles. The van der Waals surface area contributed by atoms with Crippen LogP contribution < -0.4 is 5.32 Å². The third-order valence-corrected chi connectivity index (χ3v) is 4.56. The maximum absolute atomic E-state index is 11.9. The smallest absolute Gasteiger partial charge is 0.222 e. The monoisotopic (exact) mass is 299 g/mol. The predicted molar refractivity (Wildman–Crippen MR) is 87.1 cm³/mol. The molecule has 1 fully saturated rings. The summed E-state index contributed by atoms with van der Waals surface area (Å²) in [6.45, 7) is 6.66. The molecule has 118 valence electrons. The van der Waals surface area contributed by atoms with E-state index in [2.05, 4.69) is 18.3 Å². The molecule has 1 aromatic rings. The third kappa shape index (κ3) is 4.08. The van der Waals surface area contributed by atoms with Crippen LogP contribution in [0.5, 0.6) is 0 Å². The van der Waals surface area contributed by atoms with Crippen molar-refractivity contribution < 1.29 is 4.79 Å². The zero-order valence-corrected chi connectivity index (χ0v) is 13.5. The van der Waals surface area contributed by atoms with Crippen molar-refractivity contribution in [2.24, 2.45) is 5.92 Å². The molecule has 4 heteroatoms. The molecule has 2 unspecified atom stereocenters. The Bertz CT molecular complexity index is 532. The average Bonchev–Trinajstić information content (AvgIpc) is 2.59. The molecule has 1 aromatic carbocycles. The minimum atomic E-state index is 0.268. The lowest BCUT2D eigenvalue weighted by Gasteiger charge is -2.38. The van der Waals surface area contributed by atoms with E-state index in [0.717, 1.165) is 32.5 Å². The molecule has 1 aliphatic rings. The van der Waals surface area contributed by atoms with Crippen LogP contribution in [0.2, 0.25) is 0 Å². The van der Waals surface area contributed by atoms with Crippen LogP contribution in [0.1, 0.15) is 44.2 Å². The fourth-order valence-corrected chi connectivity index (χ4v) is 3.11. The number of carbonyl (C=O) groups is 1. The van der Waals surface area contributed by atoms with Gasteiger partial charge in [-0.05, 0) is 30.0 Å². The van der Waals surface area contributed by atoms with Crippen LogP contribution in [0.15, 0.2) is 24.3 Å². The number of amides is 1. The standard InChI is InChI=1S/C18H25N3O/c1-3-16-13-21(18(22)4-2)10-9-17(16)20-12-15-7-5-14(11-19)6-8-15/h5-8,16-17,20H,3-4,9-10,12-13H2,1-2H3. The Balaban J connectivity index is 1.89. The Morgan fingerprint density at radius 1 is 1.36 bits per heavy atom. The summed E-state index contributed by atoms with van der Waals surface area (Å²) in [6, 6.07) is 10.3. The van der Waals surface area contributed by atoms with Gasteiger partial charge >= 0.3 is 0 Å². The van der Waals surface area contributed by atoms with Gasteiger partial charge < -0.3 is 10.2 Å². The molecule has 0 radical (unpaired) electrons. The van der Waals surface area contributed by atoms with Crippen LogP contribution >= 0.6 is 0 Å². The van der Waals surface area contributed by atoms with E-state index in [4.69, 9.17) is 5.26 Å². The molecule has 1 amide bonds. The SMILES string of the molecule is CCC(=O)N1CCC(NCc2ccc(C#N)cc2)C(CC)C1. The molecule has 22 heavy (non-hydrogen) atoms. The number of hydrogen-bond donors (Lipinski definition) is 1. The minimum absolute atomic E-state index is 0.268. The van der Waals surface area contributed by atoms with Gasteiger partial charge in [0.05, 0.1) is 11.6 Å². The van der Waals surface area contributed by atoms with Gasteiger partial charge in [0.1, 0.15) is 0 Å². The summed E-state index contributed by atoms with van der Waals surface area (Å²) in [6.07, 6.45) is 2.69. The topological polar surface area (TPSA) is 56.1 Å². The molecule has 2 atom stereocenters. The van der Waals surface area contributed by atoms with Crippen molar-refractivity contribution in [3.63, 3.8) is 0 Å². The fraction of sp³-hybridized carbons (Fsp3) is 0.556. The van der Waals surface area contributed by atoms with E-state index in [-0.39, 0.29) is 5.91 Å². The molecule has 2 rings (SSSR count). The van der Waals surface area contributed by atoms with E-state index in [1.165, 1.54) is 5.56 Å². The lowest BCUT2D eigenvalue weighted by molar-refractivity contribution is -0.133. The number of benzene rings is 1. The van der Waals surface area contributed by atoms with Crippen LogP contribution in [0.25, 0.3) is 0 Å². The zero-order valence-electron chi connectivity index (χ0n) is 13.5. The van der Waals surface area contributed by atoms with Gasteiger partial charge in [0.25, 0.3) is 0 Å². The Kier molecular flexibility index (Phi) is 5.97. The third-order valence-electron chi connectivity index (χ3n) is 4.56. The maximum Gasteiger partial charge on any atom is 0.222 e.